The SMILES string of the molecule is Cc1noc2nc(-c3ccc(F)cc3)cc(C(=O)NCCCOC(C)C)c12. The van der Waals surface area contributed by atoms with Gasteiger partial charge >= 0.3 is 0 Å². The van der Waals surface area contributed by atoms with E-state index >= 15 is 0 Å². The molecule has 0 aliphatic rings. The number of aromatic nitrogens is 2. The molecule has 3 aromatic rings. The first-order valence-electron chi connectivity index (χ1n) is 8.88. The molecule has 0 spiro atoms. The van der Waals surface area contributed by atoms with Gasteiger partial charge in [0.05, 0.1) is 28.4 Å². The van der Waals surface area contributed by atoms with Gasteiger partial charge in [0, 0.05) is 18.7 Å². The van der Waals surface area contributed by atoms with Crippen LogP contribution in [-0.2, 0) is 4.74 Å². The van der Waals surface area contributed by atoms with Crippen molar-refractivity contribution in [2.45, 2.75) is 33.3 Å². The zero-order chi connectivity index (χ0) is 19.4. The summed E-state index contributed by atoms with van der Waals surface area (Å²) in [5.74, 6) is -0.571. The zero-order valence-corrected chi connectivity index (χ0v) is 15.6. The lowest BCUT2D eigenvalue weighted by atomic mass is 10.0. The van der Waals surface area contributed by atoms with Crippen LogP contribution in [0.3, 0.4) is 0 Å². The number of halogens is 1. The minimum absolute atomic E-state index is 0.165. The molecule has 27 heavy (non-hydrogen) atoms. The van der Waals surface area contributed by atoms with E-state index in [1.807, 2.05) is 13.8 Å². The van der Waals surface area contributed by atoms with Crippen LogP contribution >= 0.6 is 0 Å². The van der Waals surface area contributed by atoms with Gasteiger partial charge in [0.2, 0.25) is 0 Å². The van der Waals surface area contributed by atoms with E-state index in [9.17, 15) is 9.18 Å². The normalized spacial score (nSPS) is 11.3. The van der Waals surface area contributed by atoms with Gasteiger partial charge in [0.1, 0.15) is 5.82 Å². The summed E-state index contributed by atoms with van der Waals surface area (Å²) >= 11 is 0. The van der Waals surface area contributed by atoms with Crippen LogP contribution in [0.4, 0.5) is 4.39 Å². The summed E-state index contributed by atoms with van der Waals surface area (Å²) in [6.07, 6.45) is 0.879. The third-order valence-corrected chi connectivity index (χ3v) is 4.06. The lowest BCUT2D eigenvalue weighted by Crippen LogP contribution is -2.26. The summed E-state index contributed by atoms with van der Waals surface area (Å²) in [4.78, 5) is 17.2. The lowest BCUT2D eigenvalue weighted by Gasteiger charge is -2.10. The summed E-state index contributed by atoms with van der Waals surface area (Å²) < 4.78 is 23.9. The first-order valence-corrected chi connectivity index (χ1v) is 8.88. The van der Waals surface area contributed by atoms with Gasteiger partial charge in [-0.1, -0.05) is 5.16 Å². The molecule has 0 atom stereocenters. The smallest absolute Gasteiger partial charge is 0.259 e. The maximum absolute atomic E-state index is 13.2. The number of aryl methyl sites for hydroxylation is 1. The van der Waals surface area contributed by atoms with Crippen molar-refractivity contribution in [1.29, 1.82) is 0 Å². The van der Waals surface area contributed by atoms with Crippen LogP contribution < -0.4 is 5.32 Å². The first-order chi connectivity index (χ1) is 13.0. The van der Waals surface area contributed by atoms with Crippen LogP contribution in [0.2, 0.25) is 0 Å². The fourth-order valence-electron chi connectivity index (χ4n) is 2.73. The van der Waals surface area contributed by atoms with E-state index < -0.39 is 0 Å². The number of hydrogen-bond donors (Lipinski definition) is 1. The number of pyridine rings is 1. The monoisotopic (exact) mass is 371 g/mol. The van der Waals surface area contributed by atoms with Gasteiger partial charge in [-0.15, -0.1) is 0 Å². The molecule has 3 rings (SSSR count). The molecule has 1 N–H and O–H groups in total. The summed E-state index contributed by atoms with van der Waals surface area (Å²) in [5, 5.41) is 7.39. The predicted octanol–water partition coefficient (Wildman–Crippen LogP) is 3.88. The number of nitrogens with zero attached hydrogens (tertiary/aromatic N) is 2. The van der Waals surface area contributed by atoms with Crippen molar-refractivity contribution in [2.75, 3.05) is 13.2 Å². The van der Waals surface area contributed by atoms with E-state index in [2.05, 4.69) is 15.5 Å². The number of fused-ring (bicyclic) bond motifs is 1. The molecule has 0 fully saturated rings. The highest BCUT2D eigenvalue weighted by Gasteiger charge is 2.19. The number of carbonyl (C=O) groups is 1. The van der Waals surface area contributed by atoms with Crippen molar-refractivity contribution in [1.82, 2.24) is 15.5 Å². The molecule has 6 nitrogen and oxygen atoms in total. The average molecular weight is 371 g/mol. The molecule has 2 heterocycles. The minimum Gasteiger partial charge on any atom is -0.379 e. The number of nitrogens with one attached hydrogen (secondary N) is 1. The first kappa shape index (κ1) is 19.0. The van der Waals surface area contributed by atoms with Crippen LogP contribution in [0.1, 0.15) is 36.3 Å². The maximum atomic E-state index is 13.2. The van der Waals surface area contributed by atoms with Crippen molar-refractivity contribution in [3.63, 3.8) is 0 Å². The second kappa shape index (κ2) is 8.26. The van der Waals surface area contributed by atoms with E-state index in [1.54, 1.807) is 25.1 Å². The van der Waals surface area contributed by atoms with Crippen molar-refractivity contribution in [3.05, 3.63) is 47.4 Å². The summed E-state index contributed by atoms with van der Waals surface area (Å²) in [6, 6.07) is 7.59. The molecule has 0 saturated heterocycles. The summed E-state index contributed by atoms with van der Waals surface area (Å²) in [6.45, 7) is 6.77. The van der Waals surface area contributed by atoms with Crippen LogP contribution in [0.25, 0.3) is 22.4 Å². The largest absolute Gasteiger partial charge is 0.379 e. The summed E-state index contributed by atoms with van der Waals surface area (Å²) in [7, 11) is 0. The Labute approximate surface area is 156 Å². The Balaban J connectivity index is 1.85. The molecule has 0 bridgehead atoms. The van der Waals surface area contributed by atoms with Gasteiger partial charge in [0.25, 0.3) is 11.6 Å². The van der Waals surface area contributed by atoms with Crippen molar-refractivity contribution in [3.8, 4) is 11.3 Å². The Hall–Kier alpha value is -2.80. The van der Waals surface area contributed by atoms with Crippen LogP contribution in [0.5, 0.6) is 0 Å². The highest BCUT2D eigenvalue weighted by molar-refractivity contribution is 6.06. The Bertz CT molecular complexity index is 936. The van der Waals surface area contributed by atoms with Gasteiger partial charge < -0.3 is 14.6 Å². The molecule has 1 amide bonds. The fraction of sp³-hybridized carbons (Fsp3) is 0.350. The third-order valence-electron chi connectivity index (χ3n) is 4.06. The molecular weight excluding hydrogens is 349 g/mol. The average Bonchev–Trinajstić information content (AvgIpc) is 3.02. The van der Waals surface area contributed by atoms with Crippen LogP contribution in [0, 0.1) is 12.7 Å². The Kier molecular flexibility index (Phi) is 5.81. The van der Waals surface area contributed by atoms with Gasteiger partial charge in [-0.3, -0.25) is 4.79 Å². The molecular formula is C20H22FN3O3. The van der Waals surface area contributed by atoms with E-state index in [0.717, 1.165) is 0 Å². The zero-order valence-electron chi connectivity index (χ0n) is 15.6. The van der Waals surface area contributed by atoms with Gasteiger partial charge in [-0.05, 0) is 57.5 Å². The molecule has 2 aromatic heterocycles. The topological polar surface area (TPSA) is 77.2 Å². The standard InChI is InChI=1S/C20H22FN3O3/c1-12(2)26-10-4-9-22-19(25)16-11-17(14-5-7-15(21)8-6-14)23-20-18(16)13(3)24-27-20/h5-8,11-12H,4,9-10H2,1-3H3,(H,22,25). The summed E-state index contributed by atoms with van der Waals surface area (Å²) in [5.41, 5.74) is 2.51. The number of amides is 1. The van der Waals surface area contributed by atoms with Crippen LogP contribution in [-0.4, -0.2) is 35.3 Å². The number of ether oxygens (including phenoxy) is 1. The van der Waals surface area contributed by atoms with Gasteiger partial charge in [-0.25, -0.2) is 9.37 Å². The van der Waals surface area contributed by atoms with E-state index in [4.69, 9.17) is 9.26 Å². The fourth-order valence-corrected chi connectivity index (χ4v) is 2.73. The molecule has 142 valence electrons. The predicted molar refractivity (Wildman–Crippen MR) is 100.0 cm³/mol. The van der Waals surface area contributed by atoms with Crippen molar-refractivity contribution in [2.24, 2.45) is 0 Å². The number of carbonyl (C=O) groups excluding carboxylic acids is 1. The van der Waals surface area contributed by atoms with Gasteiger partial charge in [-0.2, -0.15) is 0 Å². The molecule has 0 aliphatic carbocycles. The molecule has 7 heteroatoms. The second-order valence-electron chi connectivity index (χ2n) is 6.54. The van der Waals surface area contributed by atoms with E-state index in [0.29, 0.717) is 47.5 Å². The molecule has 0 unspecified atom stereocenters. The Morgan fingerprint density at radius 2 is 2.04 bits per heavy atom. The van der Waals surface area contributed by atoms with E-state index in [-0.39, 0.29) is 23.5 Å². The third kappa shape index (κ3) is 4.49. The second-order valence-corrected chi connectivity index (χ2v) is 6.54. The number of rotatable bonds is 7. The highest BCUT2D eigenvalue weighted by atomic mass is 19.1. The molecule has 1 aromatic carbocycles. The molecule has 0 radical (unpaired) electrons. The maximum Gasteiger partial charge on any atom is 0.259 e. The van der Waals surface area contributed by atoms with Gasteiger partial charge in [0.15, 0.2) is 0 Å². The molecule has 0 saturated carbocycles. The van der Waals surface area contributed by atoms with Crippen molar-refractivity contribution < 1.29 is 18.4 Å². The number of hydrogen-bond acceptors (Lipinski definition) is 5. The minimum atomic E-state index is -0.336. The van der Waals surface area contributed by atoms with Crippen molar-refractivity contribution >= 4 is 17.0 Å². The number of benzene rings is 1. The van der Waals surface area contributed by atoms with E-state index in [1.165, 1.54) is 12.1 Å². The molecule has 0 aliphatic heterocycles. The quantitative estimate of drug-likeness (QED) is 0.638. The lowest BCUT2D eigenvalue weighted by molar-refractivity contribution is 0.0757. The Morgan fingerprint density at radius 3 is 2.74 bits per heavy atom. The van der Waals surface area contributed by atoms with Crippen LogP contribution in [0.15, 0.2) is 34.9 Å². The highest BCUT2D eigenvalue weighted by Crippen LogP contribution is 2.27. The Morgan fingerprint density at radius 1 is 1.30 bits per heavy atom.